The zero-order valence-corrected chi connectivity index (χ0v) is 18.5. The number of benzene rings is 2. The van der Waals surface area contributed by atoms with Crippen molar-refractivity contribution in [2.45, 2.75) is 40.0 Å². The highest BCUT2D eigenvalue weighted by Gasteiger charge is 2.31. The van der Waals surface area contributed by atoms with Gasteiger partial charge in [-0.3, -0.25) is 10.4 Å². The van der Waals surface area contributed by atoms with Crippen molar-refractivity contribution in [1.29, 1.82) is 5.41 Å². The molecule has 4 nitrogen and oxygen atoms in total. The highest BCUT2D eigenvalue weighted by atomic mass is 19.1. The van der Waals surface area contributed by atoms with Gasteiger partial charge in [0.1, 0.15) is 5.82 Å². The molecule has 5 heteroatoms. The Morgan fingerprint density at radius 1 is 1.10 bits per heavy atom. The lowest BCUT2D eigenvalue weighted by molar-refractivity contribution is 0.178. The predicted octanol–water partition coefficient (Wildman–Crippen LogP) is 5.79. The van der Waals surface area contributed by atoms with Gasteiger partial charge < -0.3 is 10.7 Å². The van der Waals surface area contributed by atoms with Gasteiger partial charge in [0.05, 0.1) is 0 Å². The van der Waals surface area contributed by atoms with Gasteiger partial charge in [-0.25, -0.2) is 4.39 Å². The Hall–Kier alpha value is -2.24. The molecular formula is C24H35FN4. The van der Waals surface area contributed by atoms with Gasteiger partial charge in [0.15, 0.2) is 0 Å². The molecule has 1 atom stereocenters. The second kappa shape index (κ2) is 9.99. The summed E-state index contributed by atoms with van der Waals surface area (Å²) in [4.78, 5) is 0. The van der Waals surface area contributed by atoms with Crippen molar-refractivity contribution >= 4 is 17.6 Å². The highest BCUT2D eigenvalue weighted by molar-refractivity contribution is 5.87. The maximum atomic E-state index is 13.2. The molecule has 0 spiro atoms. The molecular weight excluding hydrogens is 363 g/mol. The molecule has 0 fully saturated rings. The fourth-order valence-electron chi connectivity index (χ4n) is 3.58. The number of rotatable bonds is 10. The normalized spacial score (nSPS) is 13.0. The third-order valence-electron chi connectivity index (χ3n) is 5.26. The standard InChI is InChI=1S/C24H35FN4/c1-17(2)13-22(24(3,4)16-27-29(5)6)18-7-12-23(19(14-18)15-26)28-21-10-8-20(25)9-11-21/h7-12,14-15,17,22,26-28H,13,16H2,1-6H3. The summed E-state index contributed by atoms with van der Waals surface area (Å²) in [7, 11) is 4.02. The maximum Gasteiger partial charge on any atom is 0.123 e. The van der Waals surface area contributed by atoms with E-state index in [1.165, 1.54) is 23.9 Å². The van der Waals surface area contributed by atoms with Crippen molar-refractivity contribution in [1.82, 2.24) is 10.4 Å². The Bertz CT molecular complexity index is 797. The van der Waals surface area contributed by atoms with Crippen molar-refractivity contribution < 1.29 is 4.39 Å². The van der Waals surface area contributed by atoms with E-state index in [2.05, 4.69) is 50.6 Å². The Kier molecular flexibility index (Phi) is 7.94. The minimum absolute atomic E-state index is 0.0414. The molecule has 2 rings (SSSR count). The van der Waals surface area contributed by atoms with E-state index < -0.39 is 0 Å². The molecule has 0 amide bonds. The number of hydrogen-bond donors (Lipinski definition) is 3. The topological polar surface area (TPSA) is 51.2 Å². The molecule has 0 bridgehead atoms. The van der Waals surface area contributed by atoms with Crippen molar-refractivity contribution in [2.24, 2.45) is 11.3 Å². The number of anilines is 2. The van der Waals surface area contributed by atoms with Crippen LogP contribution in [0.5, 0.6) is 0 Å². The maximum absolute atomic E-state index is 13.2. The molecule has 158 valence electrons. The van der Waals surface area contributed by atoms with E-state index in [-0.39, 0.29) is 11.2 Å². The molecule has 3 N–H and O–H groups in total. The summed E-state index contributed by atoms with van der Waals surface area (Å²) in [5.41, 5.74) is 7.20. The molecule has 1 unspecified atom stereocenters. The first-order valence-electron chi connectivity index (χ1n) is 10.2. The van der Waals surface area contributed by atoms with Gasteiger partial charge in [0.2, 0.25) is 0 Å². The van der Waals surface area contributed by atoms with E-state index in [9.17, 15) is 4.39 Å². The van der Waals surface area contributed by atoms with Crippen LogP contribution in [0, 0.1) is 22.6 Å². The molecule has 0 aliphatic carbocycles. The summed E-state index contributed by atoms with van der Waals surface area (Å²) >= 11 is 0. The summed E-state index contributed by atoms with van der Waals surface area (Å²) in [6.07, 6.45) is 2.46. The van der Waals surface area contributed by atoms with Crippen molar-refractivity contribution in [3.8, 4) is 0 Å². The molecule has 0 saturated heterocycles. The SMILES string of the molecule is CC(C)CC(c1ccc(Nc2ccc(F)cc2)c(C=N)c1)C(C)(C)CNN(C)C. The van der Waals surface area contributed by atoms with E-state index in [1.807, 2.05) is 25.2 Å². The van der Waals surface area contributed by atoms with Crippen LogP contribution < -0.4 is 10.7 Å². The number of nitrogens with zero attached hydrogens (tertiary/aromatic N) is 1. The molecule has 0 saturated carbocycles. The lowest BCUT2D eigenvalue weighted by Gasteiger charge is -2.37. The van der Waals surface area contributed by atoms with E-state index in [0.29, 0.717) is 11.8 Å². The van der Waals surface area contributed by atoms with Gasteiger partial charge in [-0.1, -0.05) is 33.8 Å². The van der Waals surface area contributed by atoms with Crippen LogP contribution in [0.2, 0.25) is 0 Å². The summed E-state index contributed by atoms with van der Waals surface area (Å²) in [5, 5.41) is 13.2. The van der Waals surface area contributed by atoms with Crippen molar-refractivity contribution in [3.05, 3.63) is 59.4 Å². The average Bonchev–Trinajstić information content (AvgIpc) is 2.66. The zero-order valence-electron chi connectivity index (χ0n) is 18.5. The van der Waals surface area contributed by atoms with Crippen LogP contribution in [0.15, 0.2) is 42.5 Å². The molecule has 0 aromatic heterocycles. The lowest BCUT2D eigenvalue weighted by atomic mass is 9.71. The fraction of sp³-hybridized carbons (Fsp3) is 0.458. The fourth-order valence-corrected chi connectivity index (χ4v) is 3.58. The molecule has 0 aliphatic heterocycles. The summed E-state index contributed by atoms with van der Waals surface area (Å²) in [6.45, 7) is 9.97. The van der Waals surface area contributed by atoms with E-state index in [4.69, 9.17) is 5.41 Å². The smallest absolute Gasteiger partial charge is 0.123 e. The second-order valence-electron chi connectivity index (χ2n) is 9.02. The molecule has 2 aromatic carbocycles. The Morgan fingerprint density at radius 3 is 2.31 bits per heavy atom. The molecule has 29 heavy (non-hydrogen) atoms. The van der Waals surface area contributed by atoms with Gasteiger partial charge in [-0.15, -0.1) is 0 Å². The monoisotopic (exact) mass is 398 g/mol. The van der Waals surface area contributed by atoms with Gasteiger partial charge >= 0.3 is 0 Å². The van der Waals surface area contributed by atoms with Crippen LogP contribution in [-0.2, 0) is 0 Å². The minimum Gasteiger partial charge on any atom is -0.355 e. The average molecular weight is 399 g/mol. The first-order valence-corrected chi connectivity index (χ1v) is 10.2. The van der Waals surface area contributed by atoms with Crippen LogP contribution in [-0.4, -0.2) is 31.9 Å². The Balaban J connectivity index is 2.33. The van der Waals surface area contributed by atoms with E-state index >= 15 is 0 Å². The highest BCUT2D eigenvalue weighted by Crippen LogP contribution is 2.41. The van der Waals surface area contributed by atoms with Crippen LogP contribution in [0.25, 0.3) is 0 Å². The first-order chi connectivity index (χ1) is 13.6. The second-order valence-corrected chi connectivity index (χ2v) is 9.02. The third kappa shape index (κ3) is 6.65. The zero-order chi connectivity index (χ0) is 21.6. The number of hydrazine groups is 1. The molecule has 2 aromatic rings. The van der Waals surface area contributed by atoms with Crippen LogP contribution >= 0.6 is 0 Å². The van der Waals surface area contributed by atoms with Gasteiger partial charge in [-0.05, 0) is 65.6 Å². The summed E-state index contributed by atoms with van der Waals surface area (Å²) < 4.78 is 13.2. The Labute approximate surface area is 175 Å². The third-order valence-corrected chi connectivity index (χ3v) is 5.26. The molecule has 0 heterocycles. The van der Waals surface area contributed by atoms with Crippen molar-refractivity contribution in [2.75, 3.05) is 26.0 Å². The number of hydrogen-bond acceptors (Lipinski definition) is 4. The molecule has 0 aliphatic rings. The first kappa shape index (κ1) is 23.0. The van der Waals surface area contributed by atoms with Crippen molar-refractivity contribution in [3.63, 3.8) is 0 Å². The van der Waals surface area contributed by atoms with E-state index in [1.54, 1.807) is 12.1 Å². The number of nitrogens with one attached hydrogen (secondary N) is 3. The lowest BCUT2D eigenvalue weighted by Crippen LogP contribution is -2.41. The van der Waals surface area contributed by atoms with Gasteiger partial charge in [-0.2, -0.15) is 0 Å². The summed E-state index contributed by atoms with van der Waals surface area (Å²) in [6, 6.07) is 12.6. The van der Waals surface area contributed by atoms with Crippen LogP contribution in [0.1, 0.15) is 51.2 Å². The Morgan fingerprint density at radius 2 is 1.76 bits per heavy atom. The summed E-state index contributed by atoms with van der Waals surface area (Å²) in [5.74, 6) is 0.663. The number of halogens is 1. The predicted molar refractivity (Wildman–Crippen MR) is 122 cm³/mol. The van der Waals surface area contributed by atoms with Gasteiger partial charge in [0.25, 0.3) is 0 Å². The quantitative estimate of drug-likeness (QED) is 0.351. The largest absolute Gasteiger partial charge is 0.355 e. The van der Waals surface area contributed by atoms with Gasteiger partial charge in [0, 0.05) is 43.8 Å². The molecule has 0 radical (unpaired) electrons. The van der Waals surface area contributed by atoms with Crippen LogP contribution in [0.4, 0.5) is 15.8 Å². The van der Waals surface area contributed by atoms with Crippen LogP contribution in [0.3, 0.4) is 0 Å². The minimum atomic E-state index is -0.261. The van der Waals surface area contributed by atoms with E-state index in [0.717, 1.165) is 29.9 Å².